The zero-order valence-electron chi connectivity index (χ0n) is 11.5. The Bertz CT molecular complexity index is 490. The van der Waals surface area contributed by atoms with Crippen molar-refractivity contribution in [2.75, 3.05) is 31.5 Å². The number of hydrogen-bond acceptors (Lipinski definition) is 2. The van der Waals surface area contributed by atoms with Crippen LogP contribution in [-0.4, -0.2) is 37.1 Å². The van der Waals surface area contributed by atoms with Crippen molar-refractivity contribution in [1.29, 1.82) is 0 Å². The van der Waals surface area contributed by atoms with E-state index in [4.69, 9.17) is 11.6 Å². The molecular formula is C15H20ClN3O. The van der Waals surface area contributed by atoms with Crippen LogP contribution >= 0.6 is 11.6 Å². The lowest BCUT2D eigenvalue weighted by Crippen LogP contribution is -2.45. The van der Waals surface area contributed by atoms with Gasteiger partial charge < -0.3 is 15.5 Å². The molecular weight excluding hydrogens is 274 g/mol. The summed E-state index contributed by atoms with van der Waals surface area (Å²) in [4.78, 5) is 14.1. The fourth-order valence-electron chi connectivity index (χ4n) is 3.18. The molecule has 2 fully saturated rings. The number of carbonyl (C=O) groups is 1. The van der Waals surface area contributed by atoms with Gasteiger partial charge in [0, 0.05) is 30.3 Å². The van der Waals surface area contributed by atoms with Crippen molar-refractivity contribution in [3.8, 4) is 0 Å². The van der Waals surface area contributed by atoms with Crippen LogP contribution in [0.4, 0.5) is 10.5 Å². The minimum Gasteiger partial charge on any atom is -0.324 e. The summed E-state index contributed by atoms with van der Waals surface area (Å²) < 4.78 is 0. The summed E-state index contributed by atoms with van der Waals surface area (Å²) in [6.07, 6.45) is 3.45. The zero-order chi connectivity index (χ0) is 14.0. The highest BCUT2D eigenvalue weighted by Gasteiger charge is 2.37. The molecule has 0 aliphatic carbocycles. The average Bonchev–Trinajstić information content (AvgIpc) is 2.88. The number of likely N-dealkylation sites (tertiary alicyclic amines) is 1. The van der Waals surface area contributed by atoms with Crippen molar-refractivity contribution in [1.82, 2.24) is 10.2 Å². The van der Waals surface area contributed by atoms with Gasteiger partial charge in [0.25, 0.3) is 0 Å². The van der Waals surface area contributed by atoms with Crippen LogP contribution in [0.2, 0.25) is 5.02 Å². The van der Waals surface area contributed by atoms with E-state index in [-0.39, 0.29) is 6.03 Å². The Kier molecular flexibility index (Phi) is 3.85. The molecule has 1 spiro atoms. The summed E-state index contributed by atoms with van der Waals surface area (Å²) >= 11 is 5.92. The van der Waals surface area contributed by atoms with Crippen molar-refractivity contribution < 1.29 is 4.79 Å². The summed E-state index contributed by atoms with van der Waals surface area (Å²) in [6, 6.07) is 7.25. The van der Waals surface area contributed by atoms with Crippen LogP contribution in [-0.2, 0) is 0 Å². The molecule has 0 aromatic heterocycles. The molecule has 2 N–H and O–H groups in total. The molecule has 0 bridgehead atoms. The van der Waals surface area contributed by atoms with Crippen molar-refractivity contribution in [2.24, 2.45) is 5.41 Å². The van der Waals surface area contributed by atoms with Gasteiger partial charge in [0.1, 0.15) is 0 Å². The van der Waals surface area contributed by atoms with E-state index >= 15 is 0 Å². The van der Waals surface area contributed by atoms with Gasteiger partial charge in [-0.15, -0.1) is 0 Å². The predicted octanol–water partition coefficient (Wildman–Crippen LogP) is 2.95. The maximum Gasteiger partial charge on any atom is 0.321 e. The van der Waals surface area contributed by atoms with Crippen LogP contribution < -0.4 is 10.6 Å². The molecule has 1 aromatic carbocycles. The van der Waals surface area contributed by atoms with Gasteiger partial charge in [0.05, 0.1) is 0 Å². The summed E-state index contributed by atoms with van der Waals surface area (Å²) in [6.45, 7) is 3.91. The van der Waals surface area contributed by atoms with Crippen molar-refractivity contribution in [3.63, 3.8) is 0 Å². The largest absolute Gasteiger partial charge is 0.324 e. The maximum absolute atomic E-state index is 12.2. The number of urea groups is 1. The summed E-state index contributed by atoms with van der Waals surface area (Å²) in [5.74, 6) is 0. The molecule has 2 saturated heterocycles. The van der Waals surface area contributed by atoms with E-state index in [1.165, 1.54) is 6.42 Å². The fourth-order valence-corrected chi connectivity index (χ4v) is 3.37. The quantitative estimate of drug-likeness (QED) is 0.836. The molecule has 3 rings (SSSR count). The van der Waals surface area contributed by atoms with Crippen molar-refractivity contribution >= 4 is 23.3 Å². The maximum atomic E-state index is 12.2. The molecule has 2 aliphatic heterocycles. The summed E-state index contributed by atoms with van der Waals surface area (Å²) in [5.41, 5.74) is 1.19. The van der Waals surface area contributed by atoms with E-state index < -0.39 is 0 Å². The molecule has 0 saturated carbocycles. The molecule has 2 aliphatic rings. The van der Waals surface area contributed by atoms with E-state index in [1.807, 2.05) is 17.0 Å². The minimum atomic E-state index is -0.0203. The minimum absolute atomic E-state index is 0.0203. The van der Waals surface area contributed by atoms with Crippen LogP contribution in [0.5, 0.6) is 0 Å². The molecule has 4 nitrogen and oxygen atoms in total. The number of halogens is 1. The third-order valence-electron chi connectivity index (χ3n) is 4.52. The lowest BCUT2D eigenvalue weighted by Gasteiger charge is -2.38. The molecule has 1 aromatic rings. The summed E-state index contributed by atoms with van der Waals surface area (Å²) in [5, 5.41) is 6.99. The molecule has 2 heterocycles. The second-order valence-electron chi connectivity index (χ2n) is 5.85. The average molecular weight is 294 g/mol. The van der Waals surface area contributed by atoms with Crippen LogP contribution in [0.15, 0.2) is 24.3 Å². The molecule has 2 amide bonds. The van der Waals surface area contributed by atoms with Crippen LogP contribution in [0.1, 0.15) is 19.3 Å². The number of benzene rings is 1. The molecule has 0 unspecified atom stereocenters. The van der Waals surface area contributed by atoms with Gasteiger partial charge in [-0.3, -0.25) is 0 Å². The molecule has 108 valence electrons. The number of rotatable bonds is 1. The van der Waals surface area contributed by atoms with Gasteiger partial charge in [-0.25, -0.2) is 4.79 Å². The fraction of sp³-hybridized carbons (Fsp3) is 0.533. The van der Waals surface area contributed by atoms with Gasteiger partial charge >= 0.3 is 6.03 Å². The Labute approximate surface area is 124 Å². The smallest absolute Gasteiger partial charge is 0.321 e. The number of nitrogens with one attached hydrogen (secondary N) is 2. The number of amides is 2. The topological polar surface area (TPSA) is 44.4 Å². The number of piperidine rings is 1. The highest BCUT2D eigenvalue weighted by Crippen LogP contribution is 2.36. The Balaban J connectivity index is 1.56. The second-order valence-corrected chi connectivity index (χ2v) is 6.29. The van der Waals surface area contributed by atoms with Crippen LogP contribution in [0.3, 0.4) is 0 Å². The predicted molar refractivity (Wildman–Crippen MR) is 81.2 cm³/mol. The zero-order valence-corrected chi connectivity index (χ0v) is 12.2. The van der Waals surface area contributed by atoms with E-state index in [0.29, 0.717) is 10.4 Å². The highest BCUT2D eigenvalue weighted by molar-refractivity contribution is 6.30. The van der Waals surface area contributed by atoms with Gasteiger partial charge in [0.2, 0.25) is 0 Å². The first-order valence-electron chi connectivity index (χ1n) is 7.19. The van der Waals surface area contributed by atoms with Gasteiger partial charge in [-0.2, -0.15) is 0 Å². The lowest BCUT2D eigenvalue weighted by molar-refractivity contribution is 0.137. The Morgan fingerprint density at radius 2 is 2.10 bits per heavy atom. The molecule has 20 heavy (non-hydrogen) atoms. The standard InChI is InChI=1S/C15H20ClN3O/c16-12-2-1-3-13(10-12)18-14(20)19-8-5-15(6-9-19)4-7-17-11-15/h1-3,10,17H,4-9,11H2,(H,18,20). The number of carbonyl (C=O) groups excluding carboxylic acids is 1. The summed E-state index contributed by atoms with van der Waals surface area (Å²) in [7, 11) is 0. The second kappa shape index (κ2) is 5.62. The Hall–Kier alpha value is -1.26. The molecule has 0 radical (unpaired) electrons. The lowest BCUT2D eigenvalue weighted by atomic mass is 9.78. The van der Waals surface area contributed by atoms with E-state index in [2.05, 4.69) is 10.6 Å². The monoisotopic (exact) mass is 293 g/mol. The van der Waals surface area contributed by atoms with Crippen LogP contribution in [0.25, 0.3) is 0 Å². The number of hydrogen-bond donors (Lipinski definition) is 2. The third-order valence-corrected chi connectivity index (χ3v) is 4.75. The molecule has 0 atom stereocenters. The SMILES string of the molecule is O=C(Nc1cccc(Cl)c1)N1CCC2(CCNC2)CC1. The van der Waals surface area contributed by atoms with E-state index in [0.717, 1.165) is 44.7 Å². The van der Waals surface area contributed by atoms with Crippen molar-refractivity contribution in [3.05, 3.63) is 29.3 Å². The van der Waals surface area contributed by atoms with E-state index in [9.17, 15) is 4.79 Å². The van der Waals surface area contributed by atoms with Gasteiger partial charge in [-0.1, -0.05) is 17.7 Å². The van der Waals surface area contributed by atoms with Gasteiger partial charge in [-0.05, 0) is 49.4 Å². The first-order valence-corrected chi connectivity index (χ1v) is 7.57. The van der Waals surface area contributed by atoms with Gasteiger partial charge in [0.15, 0.2) is 0 Å². The third kappa shape index (κ3) is 2.91. The number of nitrogens with zero attached hydrogens (tertiary/aromatic N) is 1. The van der Waals surface area contributed by atoms with E-state index in [1.54, 1.807) is 12.1 Å². The highest BCUT2D eigenvalue weighted by atomic mass is 35.5. The Morgan fingerprint density at radius 1 is 1.30 bits per heavy atom. The van der Waals surface area contributed by atoms with Crippen molar-refractivity contribution in [2.45, 2.75) is 19.3 Å². The van der Waals surface area contributed by atoms with Crippen LogP contribution in [0, 0.1) is 5.41 Å². The Morgan fingerprint density at radius 3 is 2.75 bits per heavy atom. The first-order chi connectivity index (χ1) is 9.67. The number of anilines is 1. The normalized spacial score (nSPS) is 21.1. The first kappa shape index (κ1) is 13.7. The molecule has 5 heteroatoms.